The number of carbonyl (C=O) groups excluding carboxylic acids is 1. The van der Waals surface area contributed by atoms with Gasteiger partial charge in [-0.2, -0.15) is 0 Å². The fourth-order valence-electron chi connectivity index (χ4n) is 4.02. The third-order valence-corrected chi connectivity index (χ3v) is 5.78. The minimum atomic E-state index is -0.336. The summed E-state index contributed by atoms with van der Waals surface area (Å²) in [5, 5.41) is 0. The Morgan fingerprint density at radius 3 is 2.31 bits per heavy atom. The molecule has 0 unspecified atom stereocenters. The SMILES string of the molecule is COc1cc2c(cc1OC)[C@H](COc1ccc(F)cc1)N(C(=O)c1ccc(C)cc1)CC2. The van der Waals surface area contributed by atoms with E-state index in [-0.39, 0.29) is 24.4 Å². The molecule has 3 aromatic rings. The van der Waals surface area contributed by atoms with Gasteiger partial charge in [-0.05, 0) is 73.0 Å². The van der Waals surface area contributed by atoms with Crippen molar-refractivity contribution in [2.75, 3.05) is 27.4 Å². The third kappa shape index (κ3) is 4.40. The van der Waals surface area contributed by atoms with E-state index in [0.29, 0.717) is 35.8 Å². The molecule has 6 heteroatoms. The predicted octanol–water partition coefficient (Wildman–Crippen LogP) is 4.97. The molecule has 1 aliphatic rings. The Hall–Kier alpha value is -3.54. The summed E-state index contributed by atoms with van der Waals surface area (Å²) in [6, 6.07) is 17.0. The second-order valence-corrected chi connectivity index (χ2v) is 7.80. The number of hydrogen-bond donors (Lipinski definition) is 0. The number of ether oxygens (including phenoxy) is 3. The number of benzene rings is 3. The van der Waals surface area contributed by atoms with E-state index in [2.05, 4.69) is 0 Å². The number of nitrogens with zero attached hydrogens (tertiary/aromatic N) is 1. The lowest BCUT2D eigenvalue weighted by Crippen LogP contribution is -2.42. The van der Waals surface area contributed by atoms with Gasteiger partial charge in [-0.1, -0.05) is 17.7 Å². The van der Waals surface area contributed by atoms with Crippen molar-refractivity contribution in [3.63, 3.8) is 0 Å². The first-order valence-corrected chi connectivity index (χ1v) is 10.5. The molecule has 0 aliphatic carbocycles. The van der Waals surface area contributed by atoms with Crippen LogP contribution < -0.4 is 14.2 Å². The van der Waals surface area contributed by atoms with Crippen LogP contribution in [0.15, 0.2) is 60.7 Å². The summed E-state index contributed by atoms with van der Waals surface area (Å²) in [6.07, 6.45) is 0.695. The molecule has 0 fully saturated rings. The summed E-state index contributed by atoms with van der Waals surface area (Å²) in [7, 11) is 3.20. The van der Waals surface area contributed by atoms with Gasteiger partial charge in [0, 0.05) is 12.1 Å². The van der Waals surface area contributed by atoms with E-state index < -0.39 is 0 Å². The zero-order valence-electron chi connectivity index (χ0n) is 18.4. The van der Waals surface area contributed by atoms with Crippen molar-refractivity contribution in [3.05, 3.63) is 88.7 Å². The predicted molar refractivity (Wildman–Crippen MR) is 120 cm³/mol. The topological polar surface area (TPSA) is 48.0 Å². The molecule has 1 heterocycles. The minimum absolute atomic E-state index is 0.0573. The molecule has 4 rings (SSSR count). The molecule has 0 radical (unpaired) electrons. The van der Waals surface area contributed by atoms with E-state index in [0.717, 1.165) is 16.7 Å². The maximum atomic E-state index is 13.4. The second kappa shape index (κ2) is 9.30. The van der Waals surface area contributed by atoms with Gasteiger partial charge in [-0.25, -0.2) is 4.39 Å². The summed E-state index contributed by atoms with van der Waals surface area (Å²) in [5.41, 5.74) is 3.77. The summed E-state index contributed by atoms with van der Waals surface area (Å²) < 4.78 is 30.2. The van der Waals surface area contributed by atoms with Crippen LogP contribution in [0.2, 0.25) is 0 Å². The van der Waals surface area contributed by atoms with Crippen molar-refractivity contribution in [2.24, 2.45) is 0 Å². The van der Waals surface area contributed by atoms with Crippen molar-refractivity contribution in [2.45, 2.75) is 19.4 Å². The minimum Gasteiger partial charge on any atom is -0.493 e. The Morgan fingerprint density at radius 1 is 1.00 bits per heavy atom. The first-order chi connectivity index (χ1) is 15.5. The van der Waals surface area contributed by atoms with Crippen molar-refractivity contribution in [3.8, 4) is 17.2 Å². The number of rotatable bonds is 6. The number of halogens is 1. The molecule has 0 saturated carbocycles. The van der Waals surface area contributed by atoms with Crippen LogP contribution in [0.1, 0.15) is 33.1 Å². The number of amides is 1. The van der Waals surface area contributed by atoms with Crippen molar-refractivity contribution in [1.82, 2.24) is 4.90 Å². The number of carbonyl (C=O) groups is 1. The number of fused-ring (bicyclic) bond motifs is 1. The Balaban J connectivity index is 1.69. The molecule has 0 N–H and O–H groups in total. The summed E-state index contributed by atoms with van der Waals surface area (Å²) >= 11 is 0. The smallest absolute Gasteiger partial charge is 0.254 e. The molecular weight excluding hydrogens is 409 g/mol. The lowest BCUT2D eigenvalue weighted by molar-refractivity contribution is 0.0589. The van der Waals surface area contributed by atoms with E-state index in [1.54, 1.807) is 26.4 Å². The van der Waals surface area contributed by atoms with Gasteiger partial charge in [0.15, 0.2) is 11.5 Å². The molecule has 32 heavy (non-hydrogen) atoms. The summed E-state index contributed by atoms with van der Waals surface area (Å²) in [5.74, 6) is 1.42. The Kier molecular flexibility index (Phi) is 6.30. The van der Waals surface area contributed by atoms with Crippen LogP contribution >= 0.6 is 0 Å². The zero-order valence-corrected chi connectivity index (χ0v) is 18.4. The molecule has 1 amide bonds. The second-order valence-electron chi connectivity index (χ2n) is 7.80. The van der Waals surface area contributed by atoms with Gasteiger partial charge in [0.05, 0.1) is 20.3 Å². The third-order valence-electron chi connectivity index (χ3n) is 5.78. The largest absolute Gasteiger partial charge is 0.493 e. The van der Waals surface area contributed by atoms with Crippen LogP contribution in [0.5, 0.6) is 17.2 Å². The van der Waals surface area contributed by atoms with Crippen LogP contribution in [0.25, 0.3) is 0 Å². The van der Waals surface area contributed by atoms with Gasteiger partial charge in [-0.15, -0.1) is 0 Å². The van der Waals surface area contributed by atoms with Gasteiger partial charge < -0.3 is 19.1 Å². The van der Waals surface area contributed by atoms with E-state index in [9.17, 15) is 9.18 Å². The van der Waals surface area contributed by atoms with Crippen LogP contribution in [0.3, 0.4) is 0 Å². The Bertz CT molecular complexity index is 1100. The Morgan fingerprint density at radius 2 is 1.66 bits per heavy atom. The number of aryl methyl sites for hydroxylation is 1. The van der Waals surface area contributed by atoms with Crippen molar-refractivity contribution < 1.29 is 23.4 Å². The fraction of sp³-hybridized carbons (Fsp3) is 0.269. The standard InChI is InChI=1S/C26H26FNO4/c1-17-4-6-18(7-5-17)26(29)28-13-12-19-14-24(30-2)25(31-3)15-22(19)23(28)16-32-21-10-8-20(27)9-11-21/h4-11,14-15,23H,12-13,16H2,1-3H3/t23-/m0/s1. The summed E-state index contributed by atoms with van der Waals surface area (Å²) in [6.45, 7) is 2.77. The van der Waals surface area contributed by atoms with Crippen LogP contribution in [0, 0.1) is 12.7 Å². The van der Waals surface area contributed by atoms with Crippen LogP contribution in [-0.2, 0) is 6.42 Å². The lowest BCUT2D eigenvalue weighted by Gasteiger charge is -2.37. The molecule has 0 bridgehead atoms. The van der Waals surface area contributed by atoms with Gasteiger partial charge in [0.25, 0.3) is 5.91 Å². The van der Waals surface area contributed by atoms with Crippen molar-refractivity contribution in [1.29, 1.82) is 0 Å². The van der Waals surface area contributed by atoms with E-state index >= 15 is 0 Å². The number of hydrogen-bond acceptors (Lipinski definition) is 4. The average Bonchev–Trinajstić information content (AvgIpc) is 2.82. The molecule has 0 spiro atoms. The molecule has 1 atom stereocenters. The highest BCUT2D eigenvalue weighted by Crippen LogP contribution is 2.39. The van der Waals surface area contributed by atoms with Gasteiger partial charge in [0.1, 0.15) is 18.2 Å². The molecule has 3 aromatic carbocycles. The maximum Gasteiger partial charge on any atom is 0.254 e. The quantitative estimate of drug-likeness (QED) is 0.549. The first-order valence-electron chi connectivity index (χ1n) is 10.5. The maximum absolute atomic E-state index is 13.4. The van der Waals surface area contributed by atoms with Crippen LogP contribution in [0.4, 0.5) is 4.39 Å². The van der Waals surface area contributed by atoms with Gasteiger partial charge in [0.2, 0.25) is 0 Å². The summed E-state index contributed by atoms with van der Waals surface area (Å²) in [4.78, 5) is 15.3. The van der Waals surface area contributed by atoms with E-state index in [1.165, 1.54) is 12.1 Å². The highest BCUT2D eigenvalue weighted by molar-refractivity contribution is 5.94. The van der Waals surface area contributed by atoms with E-state index in [1.807, 2.05) is 48.2 Å². The lowest BCUT2D eigenvalue weighted by atomic mass is 9.91. The molecule has 5 nitrogen and oxygen atoms in total. The molecular formula is C26H26FNO4. The van der Waals surface area contributed by atoms with Gasteiger partial charge >= 0.3 is 0 Å². The fourth-order valence-corrected chi connectivity index (χ4v) is 4.02. The Labute approximate surface area is 187 Å². The molecule has 0 saturated heterocycles. The molecule has 0 aromatic heterocycles. The van der Waals surface area contributed by atoms with E-state index in [4.69, 9.17) is 14.2 Å². The monoisotopic (exact) mass is 435 g/mol. The normalized spacial score (nSPS) is 15.1. The van der Waals surface area contributed by atoms with Crippen LogP contribution in [-0.4, -0.2) is 38.2 Å². The molecule has 1 aliphatic heterocycles. The number of methoxy groups -OCH3 is 2. The highest BCUT2D eigenvalue weighted by Gasteiger charge is 2.33. The van der Waals surface area contributed by atoms with Crippen molar-refractivity contribution >= 4 is 5.91 Å². The van der Waals surface area contributed by atoms with Gasteiger partial charge in [-0.3, -0.25) is 4.79 Å². The average molecular weight is 435 g/mol. The highest BCUT2D eigenvalue weighted by atomic mass is 19.1. The molecule has 166 valence electrons. The first kappa shape index (κ1) is 21.7. The zero-order chi connectivity index (χ0) is 22.7.